The van der Waals surface area contributed by atoms with E-state index < -0.39 is 11.6 Å². The first kappa shape index (κ1) is 17.8. The number of Topliss-reactive ketones (excluding diaryl/α,β-unsaturated/α-hetero) is 1. The van der Waals surface area contributed by atoms with Gasteiger partial charge in [-0.05, 0) is 70.4 Å². The zero-order valence-corrected chi connectivity index (χ0v) is 15.4. The fourth-order valence-corrected chi connectivity index (χ4v) is 3.99. The number of carbonyl (C=O) groups is 2. The van der Waals surface area contributed by atoms with E-state index >= 15 is 0 Å². The number of hydrogen-bond acceptors (Lipinski definition) is 6. The predicted octanol–water partition coefficient (Wildman–Crippen LogP) is 3.86. The molecule has 0 spiro atoms. The third kappa shape index (κ3) is 2.37. The van der Waals surface area contributed by atoms with E-state index in [1.54, 1.807) is 12.1 Å². The van der Waals surface area contributed by atoms with Gasteiger partial charge in [-0.2, -0.15) is 0 Å². The highest BCUT2D eigenvalue weighted by Gasteiger charge is 2.41. The lowest BCUT2D eigenvalue weighted by molar-refractivity contribution is -0.113. The second-order valence-electron chi connectivity index (χ2n) is 7.14. The minimum absolute atomic E-state index is 0.0152. The Morgan fingerprint density at radius 2 is 1.40 bits per heavy atom. The molecule has 5 rings (SSSR count). The SMILES string of the molecule is O=C1C=Cc2cc(O)ccc2C1=C1C(=O)C(c2c(O)ccc3cc(O)ccc23)=C1O. The topological polar surface area (TPSA) is 115 Å². The molecule has 0 atom stereocenters. The third-order valence-corrected chi connectivity index (χ3v) is 5.37. The Hall–Kier alpha value is -4.32. The van der Waals surface area contributed by atoms with Crippen molar-refractivity contribution in [3.05, 3.63) is 82.6 Å². The fourth-order valence-electron chi connectivity index (χ4n) is 3.99. The number of rotatable bonds is 1. The maximum Gasteiger partial charge on any atom is 0.202 e. The monoisotopic (exact) mass is 398 g/mol. The molecule has 0 aliphatic heterocycles. The average molecular weight is 398 g/mol. The van der Waals surface area contributed by atoms with Crippen LogP contribution in [0.5, 0.6) is 17.2 Å². The number of benzene rings is 3. The van der Waals surface area contributed by atoms with E-state index in [4.69, 9.17) is 0 Å². The summed E-state index contributed by atoms with van der Waals surface area (Å²) in [5.74, 6) is -1.54. The highest BCUT2D eigenvalue weighted by Crippen LogP contribution is 2.47. The Balaban J connectivity index is 1.77. The van der Waals surface area contributed by atoms with Gasteiger partial charge in [0.15, 0.2) is 5.78 Å². The number of carbonyl (C=O) groups excluding carboxylic acids is 2. The molecule has 3 aromatic rings. The van der Waals surface area contributed by atoms with Gasteiger partial charge in [0.2, 0.25) is 5.78 Å². The van der Waals surface area contributed by atoms with Crippen molar-refractivity contribution in [1.82, 2.24) is 0 Å². The van der Waals surface area contributed by atoms with Crippen LogP contribution in [-0.4, -0.2) is 32.0 Å². The molecule has 30 heavy (non-hydrogen) atoms. The van der Waals surface area contributed by atoms with Gasteiger partial charge in [-0.25, -0.2) is 0 Å². The molecule has 3 aromatic carbocycles. The van der Waals surface area contributed by atoms with Crippen LogP contribution in [0.4, 0.5) is 0 Å². The largest absolute Gasteiger partial charge is 0.508 e. The molecule has 2 aliphatic carbocycles. The highest BCUT2D eigenvalue weighted by molar-refractivity contribution is 6.48. The van der Waals surface area contributed by atoms with Crippen LogP contribution in [0, 0.1) is 0 Å². The van der Waals surface area contributed by atoms with Gasteiger partial charge in [0, 0.05) is 11.1 Å². The summed E-state index contributed by atoms with van der Waals surface area (Å²) in [5, 5.41) is 41.6. The van der Waals surface area contributed by atoms with E-state index in [1.807, 2.05) is 0 Å². The van der Waals surface area contributed by atoms with Crippen LogP contribution in [0.1, 0.15) is 16.7 Å². The number of aromatic hydroxyl groups is 3. The molecule has 0 radical (unpaired) electrons. The number of hydrogen-bond donors (Lipinski definition) is 4. The summed E-state index contributed by atoms with van der Waals surface area (Å²) in [6.45, 7) is 0. The second-order valence-corrected chi connectivity index (χ2v) is 7.14. The Morgan fingerprint density at radius 3 is 2.17 bits per heavy atom. The Bertz CT molecular complexity index is 1400. The van der Waals surface area contributed by atoms with Gasteiger partial charge in [-0.1, -0.05) is 12.1 Å². The first-order valence-corrected chi connectivity index (χ1v) is 9.10. The average Bonchev–Trinajstić information content (AvgIpc) is 2.72. The Morgan fingerprint density at radius 1 is 0.667 bits per heavy atom. The van der Waals surface area contributed by atoms with E-state index in [1.165, 1.54) is 48.6 Å². The van der Waals surface area contributed by atoms with Crippen molar-refractivity contribution in [2.45, 2.75) is 0 Å². The molecule has 0 saturated heterocycles. The number of aliphatic hydroxyl groups is 1. The molecule has 0 unspecified atom stereocenters. The van der Waals surface area contributed by atoms with Gasteiger partial charge < -0.3 is 20.4 Å². The van der Waals surface area contributed by atoms with Crippen LogP contribution in [0.2, 0.25) is 0 Å². The summed E-state index contributed by atoms with van der Waals surface area (Å²) >= 11 is 0. The summed E-state index contributed by atoms with van der Waals surface area (Å²) < 4.78 is 0. The summed E-state index contributed by atoms with van der Waals surface area (Å²) in [6, 6.07) is 11.8. The smallest absolute Gasteiger partial charge is 0.202 e. The molecule has 0 amide bonds. The van der Waals surface area contributed by atoms with Crippen LogP contribution in [0.25, 0.3) is 28.0 Å². The van der Waals surface area contributed by atoms with Gasteiger partial charge in [0.1, 0.15) is 23.0 Å². The summed E-state index contributed by atoms with van der Waals surface area (Å²) in [6.07, 6.45) is 2.82. The molecule has 0 heterocycles. The normalized spacial score (nSPS) is 18.0. The molecule has 0 saturated carbocycles. The van der Waals surface area contributed by atoms with Gasteiger partial charge in [0.25, 0.3) is 0 Å². The van der Waals surface area contributed by atoms with Crippen LogP contribution in [0.15, 0.2) is 65.9 Å². The van der Waals surface area contributed by atoms with Crippen LogP contribution in [-0.2, 0) is 9.59 Å². The molecule has 0 fully saturated rings. The maximum absolute atomic E-state index is 13.1. The van der Waals surface area contributed by atoms with E-state index in [-0.39, 0.29) is 45.3 Å². The first-order chi connectivity index (χ1) is 14.4. The van der Waals surface area contributed by atoms with Gasteiger partial charge in [-0.15, -0.1) is 0 Å². The van der Waals surface area contributed by atoms with Crippen LogP contribution >= 0.6 is 0 Å². The molecule has 6 heteroatoms. The predicted molar refractivity (Wildman–Crippen MR) is 111 cm³/mol. The lowest BCUT2D eigenvalue weighted by atomic mass is 9.75. The summed E-state index contributed by atoms with van der Waals surface area (Å²) in [4.78, 5) is 25.7. The van der Waals surface area contributed by atoms with Crippen molar-refractivity contribution in [1.29, 1.82) is 0 Å². The number of ketones is 2. The van der Waals surface area contributed by atoms with Gasteiger partial charge in [0.05, 0.1) is 11.1 Å². The quantitative estimate of drug-likeness (QED) is 0.463. The van der Waals surface area contributed by atoms with E-state index in [9.17, 15) is 30.0 Å². The van der Waals surface area contributed by atoms with E-state index in [0.717, 1.165) is 0 Å². The van der Waals surface area contributed by atoms with E-state index in [0.29, 0.717) is 21.9 Å². The first-order valence-electron chi connectivity index (χ1n) is 9.10. The second kappa shape index (κ2) is 6.09. The number of phenolic OH excluding ortho intramolecular Hbond substituents is 3. The van der Waals surface area contributed by atoms with Crippen LogP contribution in [0.3, 0.4) is 0 Å². The van der Waals surface area contributed by atoms with Gasteiger partial charge >= 0.3 is 0 Å². The lowest BCUT2D eigenvalue weighted by Crippen LogP contribution is -2.25. The molecule has 0 aromatic heterocycles. The molecule has 2 aliphatic rings. The van der Waals surface area contributed by atoms with Crippen molar-refractivity contribution in [2.75, 3.05) is 0 Å². The van der Waals surface area contributed by atoms with Crippen molar-refractivity contribution in [3.8, 4) is 17.2 Å². The van der Waals surface area contributed by atoms with Crippen LogP contribution < -0.4 is 0 Å². The Labute approximate surface area is 170 Å². The lowest BCUT2D eigenvalue weighted by Gasteiger charge is -2.27. The zero-order valence-electron chi connectivity index (χ0n) is 15.4. The van der Waals surface area contributed by atoms with Gasteiger partial charge in [-0.3, -0.25) is 9.59 Å². The summed E-state index contributed by atoms with van der Waals surface area (Å²) in [7, 11) is 0. The minimum atomic E-state index is -0.568. The zero-order chi connectivity index (χ0) is 21.2. The maximum atomic E-state index is 13.1. The number of fused-ring (bicyclic) bond motifs is 2. The number of allylic oxidation sites excluding steroid dienone is 4. The standard InChI is InChI=1S/C24H14O6/c25-13-3-5-15-11(9-13)1-7-17(27)19(15)21-23(29)22(24(21)30)20-16-6-4-14(26)10-12(16)2-8-18(20)28/h1-10,25-27,29H. The molecule has 0 bridgehead atoms. The molecule has 6 nitrogen and oxygen atoms in total. The number of phenols is 3. The molecule has 4 N–H and O–H groups in total. The third-order valence-electron chi connectivity index (χ3n) is 5.37. The molecular formula is C24H14O6. The highest BCUT2D eigenvalue weighted by atomic mass is 16.3. The van der Waals surface area contributed by atoms with E-state index in [2.05, 4.69) is 0 Å². The summed E-state index contributed by atoms with van der Waals surface area (Å²) in [5.41, 5.74) is 0.964. The molecular weight excluding hydrogens is 384 g/mol. The number of aliphatic hydroxyl groups excluding tert-OH is 1. The minimum Gasteiger partial charge on any atom is -0.508 e. The van der Waals surface area contributed by atoms with Crippen molar-refractivity contribution < 1.29 is 30.0 Å². The molecule has 146 valence electrons. The Kier molecular flexibility index (Phi) is 3.60. The van der Waals surface area contributed by atoms with Crippen molar-refractivity contribution in [2.24, 2.45) is 0 Å². The van der Waals surface area contributed by atoms with Crippen molar-refractivity contribution in [3.63, 3.8) is 0 Å². The fraction of sp³-hybridized carbons (Fsp3) is 0. The van der Waals surface area contributed by atoms with Crippen molar-refractivity contribution >= 4 is 39.6 Å².